The van der Waals surface area contributed by atoms with Gasteiger partial charge in [-0.15, -0.1) is 0 Å². The van der Waals surface area contributed by atoms with Gasteiger partial charge in [0.1, 0.15) is 0 Å². The molecule has 124 valence electrons. The van der Waals surface area contributed by atoms with Crippen molar-refractivity contribution in [2.24, 2.45) is 5.92 Å². The summed E-state index contributed by atoms with van der Waals surface area (Å²) in [5.41, 5.74) is 0.0179. The molecule has 2 amide bonds. The number of nitrogens with one attached hydrogen (secondary N) is 2. The summed E-state index contributed by atoms with van der Waals surface area (Å²) in [4.78, 5) is 11.6. The topological polar surface area (TPSA) is 59.6 Å². The Labute approximate surface area is 129 Å². The van der Waals surface area contributed by atoms with E-state index in [4.69, 9.17) is 4.74 Å². The first-order chi connectivity index (χ1) is 10.4. The smallest absolute Gasteiger partial charge is 0.319 e. The maximum absolute atomic E-state index is 13.5. The monoisotopic (exact) mass is 316 g/mol. The van der Waals surface area contributed by atoms with Gasteiger partial charge in [0.2, 0.25) is 0 Å². The van der Waals surface area contributed by atoms with Gasteiger partial charge in [-0.3, -0.25) is 0 Å². The number of amides is 2. The Morgan fingerprint density at radius 3 is 2.45 bits per heavy atom. The highest BCUT2D eigenvalue weighted by molar-refractivity contribution is 5.89. The molecule has 0 unspecified atom stereocenters. The molecular formula is C15H22F2N2O3. The lowest BCUT2D eigenvalue weighted by atomic mass is 10.2. The Morgan fingerprint density at radius 1 is 1.27 bits per heavy atom. The number of hydrogen-bond donors (Lipinski definition) is 2. The van der Waals surface area contributed by atoms with Gasteiger partial charge in [-0.2, -0.15) is 0 Å². The van der Waals surface area contributed by atoms with Crippen LogP contribution in [0, 0.1) is 17.6 Å². The lowest BCUT2D eigenvalue weighted by Crippen LogP contribution is -2.30. The molecule has 0 fully saturated rings. The van der Waals surface area contributed by atoms with Crippen molar-refractivity contribution in [2.45, 2.75) is 20.3 Å². The summed E-state index contributed by atoms with van der Waals surface area (Å²) >= 11 is 0. The maximum Gasteiger partial charge on any atom is 0.319 e. The Kier molecular flexibility index (Phi) is 7.59. The van der Waals surface area contributed by atoms with Crippen LogP contribution in [0.25, 0.3) is 0 Å². The minimum absolute atomic E-state index is 0.0179. The lowest BCUT2D eigenvalue weighted by Gasteiger charge is -2.10. The van der Waals surface area contributed by atoms with Crippen LogP contribution in [-0.2, 0) is 4.74 Å². The molecule has 0 bridgehead atoms. The van der Waals surface area contributed by atoms with Crippen LogP contribution in [0.1, 0.15) is 20.3 Å². The van der Waals surface area contributed by atoms with Crippen LogP contribution in [0.2, 0.25) is 0 Å². The van der Waals surface area contributed by atoms with Crippen LogP contribution in [0.15, 0.2) is 12.1 Å². The highest BCUT2D eigenvalue weighted by Gasteiger charge is 2.12. The highest BCUT2D eigenvalue weighted by atomic mass is 19.1. The van der Waals surface area contributed by atoms with E-state index in [1.54, 1.807) is 0 Å². The molecule has 5 nitrogen and oxygen atoms in total. The molecule has 0 radical (unpaired) electrons. The lowest BCUT2D eigenvalue weighted by molar-refractivity contribution is 0.108. The molecule has 0 atom stereocenters. The third kappa shape index (κ3) is 6.26. The van der Waals surface area contributed by atoms with Crippen molar-refractivity contribution < 1.29 is 23.0 Å². The maximum atomic E-state index is 13.5. The van der Waals surface area contributed by atoms with E-state index in [-0.39, 0.29) is 5.69 Å². The zero-order chi connectivity index (χ0) is 16.5. The number of methoxy groups -OCH3 is 1. The number of hydrogen-bond acceptors (Lipinski definition) is 3. The molecule has 0 spiro atoms. The van der Waals surface area contributed by atoms with Gasteiger partial charge in [0.25, 0.3) is 0 Å². The summed E-state index contributed by atoms with van der Waals surface area (Å²) in [5, 5.41) is 4.94. The SMILES string of the molecule is COc1c(F)cc(NC(=O)NCCCOCC(C)C)cc1F. The summed E-state index contributed by atoms with van der Waals surface area (Å²) in [7, 11) is 1.17. The minimum Gasteiger partial charge on any atom is -0.491 e. The van der Waals surface area contributed by atoms with E-state index in [0.717, 1.165) is 12.1 Å². The van der Waals surface area contributed by atoms with Gasteiger partial charge in [0.15, 0.2) is 17.4 Å². The zero-order valence-electron chi connectivity index (χ0n) is 13.0. The van der Waals surface area contributed by atoms with Crippen molar-refractivity contribution in [1.29, 1.82) is 0 Å². The zero-order valence-corrected chi connectivity index (χ0v) is 13.0. The molecular weight excluding hydrogens is 294 g/mol. The van der Waals surface area contributed by atoms with Gasteiger partial charge in [-0.25, -0.2) is 13.6 Å². The van der Waals surface area contributed by atoms with Gasteiger partial charge >= 0.3 is 6.03 Å². The second-order valence-electron chi connectivity index (χ2n) is 5.18. The summed E-state index contributed by atoms with van der Waals surface area (Å²) in [6.07, 6.45) is 0.658. The van der Waals surface area contributed by atoms with E-state index in [1.807, 2.05) is 0 Å². The van der Waals surface area contributed by atoms with E-state index < -0.39 is 23.4 Å². The fourth-order valence-corrected chi connectivity index (χ4v) is 1.70. The van der Waals surface area contributed by atoms with Crippen LogP contribution in [0.5, 0.6) is 5.75 Å². The van der Waals surface area contributed by atoms with E-state index in [1.165, 1.54) is 7.11 Å². The van der Waals surface area contributed by atoms with Crippen LogP contribution >= 0.6 is 0 Å². The van der Waals surface area contributed by atoms with Gasteiger partial charge < -0.3 is 20.1 Å². The van der Waals surface area contributed by atoms with Crippen LogP contribution < -0.4 is 15.4 Å². The Morgan fingerprint density at radius 2 is 1.91 bits per heavy atom. The van der Waals surface area contributed by atoms with E-state index in [2.05, 4.69) is 29.2 Å². The number of carbonyl (C=O) groups is 1. The van der Waals surface area contributed by atoms with Crippen molar-refractivity contribution in [3.63, 3.8) is 0 Å². The first kappa shape index (κ1) is 18.2. The number of halogens is 2. The van der Waals surface area contributed by atoms with Gasteiger partial charge in [-0.05, 0) is 12.3 Å². The molecule has 0 aliphatic carbocycles. The Hall–Kier alpha value is -1.89. The third-order valence-corrected chi connectivity index (χ3v) is 2.66. The van der Waals surface area contributed by atoms with Gasteiger partial charge in [0.05, 0.1) is 7.11 Å². The number of urea groups is 1. The average molecular weight is 316 g/mol. The fourth-order valence-electron chi connectivity index (χ4n) is 1.70. The second-order valence-corrected chi connectivity index (χ2v) is 5.18. The molecule has 0 heterocycles. The van der Waals surface area contributed by atoms with Crippen molar-refractivity contribution in [3.05, 3.63) is 23.8 Å². The molecule has 1 aromatic rings. The quantitative estimate of drug-likeness (QED) is 0.724. The van der Waals surface area contributed by atoms with Gasteiger partial charge in [-0.1, -0.05) is 13.8 Å². The molecule has 1 rings (SSSR count). The highest BCUT2D eigenvalue weighted by Crippen LogP contribution is 2.25. The number of rotatable bonds is 8. The fraction of sp³-hybridized carbons (Fsp3) is 0.533. The summed E-state index contributed by atoms with van der Waals surface area (Å²) in [6.45, 7) is 5.74. The molecule has 0 saturated carbocycles. The predicted molar refractivity (Wildman–Crippen MR) is 80.2 cm³/mol. The van der Waals surface area contributed by atoms with Crippen LogP contribution in [-0.4, -0.2) is 32.9 Å². The van der Waals surface area contributed by atoms with Crippen molar-refractivity contribution >= 4 is 11.7 Å². The molecule has 1 aromatic carbocycles. The minimum atomic E-state index is -0.875. The summed E-state index contributed by atoms with van der Waals surface area (Å²) < 4.78 is 36.9. The molecule has 7 heteroatoms. The number of carbonyl (C=O) groups excluding carboxylic acids is 1. The standard InChI is InChI=1S/C15H22F2N2O3/c1-10(2)9-22-6-4-5-18-15(20)19-11-7-12(16)14(21-3)13(17)8-11/h7-8,10H,4-6,9H2,1-3H3,(H2,18,19,20). The molecule has 2 N–H and O–H groups in total. The molecule has 0 aromatic heterocycles. The predicted octanol–water partition coefficient (Wildman–Crippen LogP) is 3.16. The van der Waals surface area contributed by atoms with E-state index in [0.29, 0.717) is 32.1 Å². The number of ether oxygens (including phenoxy) is 2. The van der Waals surface area contributed by atoms with Crippen molar-refractivity contribution in [2.75, 3.05) is 32.2 Å². The largest absolute Gasteiger partial charge is 0.491 e. The Bertz CT molecular complexity index is 473. The first-order valence-electron chi connectivity index (χ1n) is 7.09. The van der Waals surface area contributed by atoms with Crippen LogP contribution in [0.3, 0.4) is 0 Å². The molecule has 0 aliphatic rings. The molecule has 0 saturated heterocycles. The van der Waals surface area contributed by atoms with E-state index in [9.17, 15) is 13.6 Å². The normalized spacial score (nSPS) is 10.6. The van der Waals surface area contributed by atoms with E-state index >= 15 is 0 Å². The Balaban J connectivity index is 2.33. The van der Waals surface area contributed by atoms with Crippen molar-refractivity contribution in [3.8, 4) is 5.75 Å². The first-order valence-corrected chi connectivity index (χ1v) is 7.09. The third-order valence-electron chi connectivity index (χ3n) is 2.66. The number of anilines is 1. The molecule has 0 aliphatic heterocycles. The van der Waals surface area contributed by atoms with Crippen molar-refractivity contribution in [1.82, 2.24) is 5.32 Å². The van der Waals surface area contributed by atoms with Gasteiger partial charge in [0, 0.05) is 37.6 Å². The second kappa shape index (κ2) is 9.19. The van der Waals surface area contributed by atoms with Crippen LogP contribution in [0.4, 0.5) is 19.3 Å². The summed E-state index contributed by atoms with van der Waals surface area (Å²) in [5.74, 6) is -1.76. The summed E-state index contributed by atoms with van der Waals surface area (Å²) in [6, 6.07) is 1.45. The average Bonchev–Trinajstić information content (AvgIpc) is 2.42. The molecule has 22 heavy (non-hydrogen) atoms. The number of benzene rings is 1.